The van der Waals surface area contributed by atoms with Gasteiger partial charge in [-0.15, -0.1) is 11.3 Å². The minimum atomic E-state index is -3.60. The van der Waals surface area contributed by atoms with Crippen LogP contribution in [0.15, 0.2) is 5.51 Å². The van der Waals surface area contributed by atoms with Crippen LogP contribution < -0.4 is 4.72 Å². The highest BCUT2D eigenvalue weighted by Crippen LogP contribution is 2.13. The van der Waals surface area contributed by atoms with Crippen LogP contribution >= 0.6 is 11.3 Å². The van der Waals surface area contributed by atoms with Gasteiger partial charge in [-0.25, -0.2) is 18.1 Å². The van der Waals surface area contributed by atoms with E-state index in [2.05, 4.69) is 9.71 Å². The molecular formula is C12H20N2O4S2. The number of aryl methyl sites for hydroxylation is 2. The second-order valence-corrected chi connectivity index (χ2v) is 7.39. The molecule has 1 heterocycles. The Morgan fingerprint density at radius 2 is 2.25 bits per heavy atom. The van der Waals surface area contributed by atoms with Crippen molar-refractivity contribution in [2.45, 2.75) is 45.6 Å². The van der Waals surface area contributed by atoms with Gasteiger partial charge in [-0.2, -0.15) is 0 Å². The molecule has 1 atom stereocenters. The Hall–Kier alpha value is -0.990. The number of carboxylic acids is 1. The van der Waals surface area contributed by atoms with Crippen molar-refractivity contribution in [1.82, 2.24) is 9.71 Å². The van der Waals surface area contributed by atoms with E-state index >= 15 is 0 Å². The Kier molecular flexibility index (Phi) is 6.57. The van der Waals surface area contributed by atoms with Crippen LogP contribution in [0, 0.1) is 6.92 Å². The third-order valence-corrected chi connectivity index (χ3v) is 5.29. The highest BCUT2D eigenvalue weighted by Gasteiger charge is 2.23. The Morgan fingerprint density at radius 1 is 1.55 bits per heavy atom. The first-order chi connectivity index (χ1) is 9.35. The molecule has 0 aliphatic heterocycles. The van der Waals surface area contributed by atoms with Gasteiger partial charge in [-0.1, -0.05) is 19.8 Å². The van der Waals surface area contributed by atoms with Crippen molar-refractivity contribution in [3.05, 3.63) is 16.1 Å². The molecule has 2 N–H and O–H groups in total. The predicted octanol–water partition coefficient (Wildman–Crippen LogP) is 1.56. The number of carbonyl (C=O) groups is 1. The quantitative estimate of drug-likeness (QED) is 0.720. The number of aromatic nitrogens is 1. The summed E-state index contributed by atoms with van der Waals surface area (Å²) in [6, 6.07) is -1.04. The van der Waals surface area contributed by atoms with E-state index < -0.39 is 22.0 Å². The molecule has 8 heteroatoms. The molecule has 1 aromatic heterocycles. The van der Waals surface area contributed by atoms with Gasteiger partial charge in [0.2, 0.25) is 10.0 Å². The summed E-state index contributed by atoms with van der Waals surface area (Å²) in [6.45, 7) is 3.76. The van der Waals surface area contributed by atoms with E-state index in [4.69, 9.17) is 5.11 Å². The van der Waals surface area contributed by atoms with E-state index in [9.17, 15) is 13.2 Å². The zero-order chi connectivity index (χ0) is 15.2. The second-order valence-electron chi connectivity index (χ2n) is 4.58. The monoisotopic (exact) mass is 320 g/mol. The summed E-state index contributed by atoms with van der Waals surface area (Å²) in [4.78, 5) is 16.0. The molecule has 0 bridgehead atoms. The van der Waals surface area contributed by atoms with Gasteiger partial charge in [0.15, 0.2) is 0 Å². The number of hydrogen-bond donors (Lipinski definition) is 2. The van der Waals surface area contributed by atoms with Crippen molar-refractivity contribution in [2.24, 2.45) is 0 Å². The number of nitrogens with zero attached hydrogens (tertiary/aromatic N) is 1. The molecule has 0 radical (unpaired) electrons. The number of carboxylic acid groups (broad SMARTS) is 1. The Morgan fingerprint density at radius 3 is 2.75 bits per heavy atom. The second kappa shape index (κ2) is 7.70. The minimum absolute atomic E-state index is 0.119. The van der Waals surface area contributed by atoms with Crippen molar-refractivity contribution in [2.75, 3.05) is 5.75 Å². The fraction of sp³-hybridized carbons (Fsp3) is 0.667. The van der Waals surface area contributed by atoms with Gasteiger partial charge >= 0.3 is 5.97 Å². The van der Waals surface area contributed by atoms with Crippen molar-refractivity contribution < 1.29 is 18.3 Å². The molecule has 0 spiro atoms. The van der Waals surface area contributed by atoms with E-state index in [1.54, 1.807) is 5.51 Å². The van der Waals surface area contributed by atoms with E-state index in [0.29, 0.717) is 19.3 Å². The molecule has 0 saturated carbocycles. The molecule has 1 aromatic rings. The summed E-state index contributed by atoms with van der Waals surface area (Å²) in [5, 5.41) is 9.02. The summed E-state index contributed by atoms with van der Waals surface area (Å²) in [5.74, 6) is -1.25. The minimum Gasteiger partial charge on any atom is -0.480 e. The summed E-state index contributed by atoms with van der Waals surface area (Å²) >= 11 is 1.41. The molecule has 1 rings (SSSR count). The number of sulfonamides is 1. The third-order valence-electron chi connectivity index (χ3n) is 2.91. The van der Waals surface area contributed by atoms with E-state index in [-0.39, 0.29) is 5.75 Å². The van der Waals surface area contributed by atoms with Gasteiger partial charge in [0.1, 0.15) is 6.04 Å². The lowest BCUT2D eigenvalue weighted by Gasteiger charge is -2.14. The SMILES string of the molecule is CCCCC(NS(=O)(=O)CCc1scnc1C)C(=O)O. The van der Waals surface area contributed by atoms with Crippen molar-refractivity contribution in [1.29, 1.82) is 0 Å². The van der Waals surface area contributed by atoms with Crippen molar-refractivity contribution >= 4 is 27.3 Å². The number of hydrogen-bond acceptors (Lipinski definition) is 5. The van der Waals surface area contributed by atoms with Crippen LogP contribution in [-0.4, -0.2) is 36.3 Å². The zero-order valence-corrected chi connectivity index (χ0v) is 13.3. The van der Waals surface area contributed by atoms with Crippen LogP contribution in [0.3, 0.4) is 0 Å². The average molecular weight is 320 g/mol. The van der Waals surface area contributed by atoms with Gasteiger partial charge in [-0.3, -0.25) is 4.79 Å². The lowest BCUT2D eigenvalue weighted by Crippen LogP contribution is -2.42. The Balaban J connectivity index is 2.59. The first kappa shape index (κ1) is 17.1. The maximum Gasteiger partial charge on any atom is 0.321 e. The van der Waals surface area contributed by atoms with Crippen molar-refractivity contribution in [3.8, 4) is 0 Å². The average Bonchev–Trinajstić information content (AvgIpc) is 2.77. The number of nitrogens with one attached hydrogen (secondary N) is 1. The van der Waals surface area contributed by atoms with Crippen LogP contribution in [0.4, 0.5) is 0 Å². The van der Waals surface area contributed by atoms with E-state index in [1.165, 1.54) is 11.3 Å². The maximum atomic E-state index is 11.9. The van der Waals surface area contributed by atoms with E-state index in [0.717, 1.165) is 17.0 Å². The summed E-state index contributed by atoms with van der Waals surface area (Å²) in [7, 11) is -3.60. The highest BCUT2D eigenvalue weighted by molar-refractivity contribution is 7.89. The topological polar surface area (TPSA) is 96.4 Å². The maximum absolute atomic E-state index is 11.9. The molecule has 0 amide bonds. The number of rotatable bonds is 9. The molecule has 0 aliphatic rings. The normalized spacial score (nSPS) is 13.3. The first-order valence-electron chi connectivity index (χ1n) is 6.47. The fourth-order valence-corrected chi connectivity index (χ4v) is 3.86. The molecular weight excluding hydrogens is 300 g/mol. The molecule has 1 unspecified atom stereocenters. The van der Waals surface area contributed by atoms with Crippen LogP contribution in [0.25, 0.3) is 0 Å². The van der Waals surface area contributed by atoms with Crippen LogP contribution in [-0.2, 0) is 21.2 Å². The van der Waals surface area contributed by atoms with E-state index in [1.807, 2.05) is 13.8 Å². The largest absolute Gasteiger partial charge is 0.480 e. The first-order valence-corrected chi connectivity index (χ1v) is 9.00. The van der Waals surface area contributed by atoms with Gasteiger partial charge in [0, 0.05) is 4.88 Å². The standard InChI is InChI=1S/C12H20N2O4S2/c1-3-4-5-10(12(15)16)14-20(17,18)7-6-11-9(2)13-8-19-11/h8,10,14H,3-7H2,1-2H3,(H,15,16). The summed E-state index contributed by atoms with van der Waals surface area (Å²) in [6.07, 6.45) is 2.16. The zero-order valence-electron chi connectivity index (χ0n) is 11.6. The number of thiazole rings is 1. The molecule has 0 aromatic carbocycles. The van der Waals surface area contributed by atoms with Gasteiger partial charge < -0.3 is 5.11 Å². The predicted molar refractivity (Wildman–Crippen MR) is 78.4 cm³/mol. The van der Waals surface area contributed by atoms with Gasteiger partial charge in [0.05, 0.1) is 17.0 Å². The van der Waals surface area contributed by atoms with Crippen LogP contribution in [0.1, 0.15) is 36.8 Å². The molecule has 0 saturated heterocycles. The lowest BCUT2D eigenvalue weighted by atomic mass is 10.1. The smallest absolute Gasteiger partial charge is 0.321 e. The molecule has 0 fully saturated rings. The van der Waals surface area contributed by atoms with Crippen LogP contribution in [0.5, 0.6) is 0 Å². The Bertz CT molecular complexity index is 539. The third kappa shape index (κ3) is 5.56. The fourth-order valence-electron chi connectivity index (χ4n) is 1.71. The molecule has 0 aliphatic carbocycles. The van der Waals surface area contributed by atoms with Gasteiger partial charge in [-0.05, 0) is 19.8 Å². The number of aliphatic carboxylic acids is 1. The highest BCUT2D eigenvalue weighted by atomic mass is 32.2. The number of unbranched alkanes of at least 4 members (excludes halogenated alkanes) is 1. The van der Waals surface area contributed by atoms with Crippen LogP contribution in [0.2, 0.25) is 0 Å². The van der Waals surface area contributed by atoms with Crippen molar-refractivity contribution in [3.63, 3.8) is 0 Å². The Labute approximate surface area is 123 Å². The molecule has 114 valence electrons. The summed E-state index contributed by atoms with van der Waals surface area (Å²) in [5.41, 5.74) is 2.50. The molecule has 6 nitrogen and oxygen atoms in total. The lowest BCUT2D eigenvalue weighted by molar-refractivity contribution is -0.139. The molecule has 20 heavy (non-hydrogen) atoms. The van der Waals surface area contributed by atoms with Gasteiger partial charge in [0.25, 0.3) is 0 Å². The summed E-state index contributed by atoms with van der Waals surface area (Å²) < 4.78 is 26.1.